The molecule has 1 saturated heterocycles. The molecule has 2 aromatic carbocycles. The Labute approximate surface area is 182 Å². The zero-order valence-corrected chi connectivity index (χ0v) is 17.8. The molecule has 0 bridgehead atoms. The van der Waals surface area contributed by atoms with Crippen LogP contribution in [0.25, 0.3) is 0 Å². The second kappa shape index (κ2) is 9.06. The highest BCUT2D eigenvalue weighted by Crippen LogP contribution is 2.48. The van der Waals surface area contributed by atoms with Gasteiger partial charge in [-0.25, -0.2) is 4.79 Å². The number of hydrogen-bond donors (Lipinski definition) is 2. The van der Waals surface area contributed by atoms with Gasteiger partial charge in [-0.3, -0.25) is 4.84 Å². The molecule has 4 rings (SSSR count). The van der Waals surface area contributed by atoms with E-state index in [0.717, 1.165) is 11.1 Å². The molecular weight excluding hydrogens is 398 g/mol. The number of benzene rings is 2. The smallest absolute Gasteiger partial charge is 0.340 e. The summed E-state index contributed by atoms with van der Waals surface area (Å²) in [6.45, 7) is 4.13. The average Bonchev–Trinajstić information content (AvgIpc) is 3.21. The van der Waals surface area contributed by atoms with Crippen LogP contribution in [-0.4, -0.2) is 57.8 Å². The summed E-state index contributed by atoms with van der Waals surface area (Å²) in [5.41, 5.74) is 0.468. The number of ether oxygens (including phenoxy) is 2. The molecule has 0 unspecified atom stereocenters. The summed E-state index contributed by atoms with van der Waals surface area (Å²) >= 11 is 0. The zero-order chi connectivity index (χ0) is 22.0. The fraction of sp³-hybridized carbons (Fsp3) is 0.458. The number of rotatable bonds is 7. The topological polar surface area (TPSA) is 88.5 Å². The number of aliphatic hydroxyl groups excluding tert-OH is 2. The first-order valence-corrected chi connectivity index (χ1v) is 10.6. The van der Waals surface area contributed by atoms with E-state index in [0.29, 0.717) is 6.54 Å². The molecule has 166 valence electrons. The van der Waals surface area contributed by atoms with Crippen molar-refractivity contribution in [1.29, 1.82) is 0 Å². The summed E-state index contributed by atoms with van der Waals surface area (Å²) in [4.78, 5) is 18.9. The van der Waals surface area contributed by atoms with Crippen molar-refractivity contribution in [2.75, 3.05) is 6.61 Å². The molecule has 6 atom stereocenters. The third-order valence-corrected chi connectivity index (χ3v) is 6.18. The lowest BCUT2D eigenvalue weighted by Gasteiger charge is -2.31. The van der Waals surface area contributed by atoms with Gasteiger partial charge in [0.15, 0.2) is 5.60 Å². The molecule has 2 fully saturated rings. The van der Waals surface area contributed by atoms with Gasteiger partial charge in [-0.1, -0.05) is 60.7 Å². The first kappa shape index (κ1) is 21.9. The number of nitrogens with zero attached hydrogens (tertiary/aromatic N) is 1. The van der Waals surface area contributed by atoms with E-state index in [1.165, 1.54) is 0 Å². The van der Waals surface area contributed by atoms with E-state index < -0.39 is 41.8 Å². The third-order valence-electron chi connectivity index (χ3n) is 6.18. The molecule has 2 aliphatic rings. The first-order valence-electron chi connectivity index (χ1n) is 10.6. The van der Waals surface area contributed by atoms with Gasteiger partial charge in [0.25, 0.3) is 0 Å². The van der Waals surface area contributed by atoms with Gasteiger partial charge in [0, 0.05) is 12.5 Å². The minimum Gasteiger partial charge on any atom is -0.464 e. The van der Waals surface area contributed by atoms with E-state index in [9.17, 15) is 15.0 Å². The molecule has 31 heavy (non-hydrogen) atoms. The van der Waals surface area contributed by atoms with Crippen LogP contribution >= 0.6 is 0 Å². The van der Waals surface area contributed by atoms with Crippen molar-refractivity contribution in [1.82, 2.24) is 5.06 Å². The Morgan fingerprint density at radius 3 is 2.26 bits per heavy atom. The standard InChI is InChI=1S/C24H29NO6/c1-3-29-23(28)24(2)18-19(25(31-24)14-16-10-6-4-7-11-16)21(27)22(20(18)26)30-15-17-12-8-5-9-13-17/h4-13,18-22,26-27H,3,14-15H2,1-2H3/t18-,19+,20-,21+,22+,24+/m1/s1. The highest BCUT2D eigenvalue weighted by molar-refractivity contribution is 5.80. The van der Waals surface area contributed by atoms with Crippen molar-refractivity contribution >= 4 is 5.97 Å². The van der Waals surface area contributed by atoms with E-state index in [4.69, 9.17) is 14.3 Å². The number of carbonyl (C=O) groups excluding carboxylic acids is 1. The van der Waals surface area contributed by atoms with Crippen LogP contribution in [-0.2, 0) is 32.3 Å². The van der Waals surface area contributed by atoms with Crippen molar-refractivity contribution in [2.24, 2.45) is 5.92 Å². The molecule has 1 aliphatic heterocycles. The van der Waals surface area contributed by atoms with Gasteiger partial charge >= 0.3 is 5.97 Å². The normalized spacial score (nSPS) is 32.7. The second-order valence-corrected chi connectivity index (χ2v) is 8.24. The molecular formula is C24H29NO6. The van der Waals surface area contributed by atoms with Crippen LogP contribution in [0.4, 0.5) is 0 Å². The van der Waals surface area contributed by atoms with Crippen LogP contribution in [0, 0.1) is 5.92 Å². The first-order chi connectivity index (χ1) is 15.0. The average molecular weight is 427 g/mol. The lowest BCUT2D eigenvalue weighted by atomic mass is 9.84. The Kier molecular flexibility index (Phi) is 6.41. The number of fused-ring (bicyclic) bond motifs is 1. The predicted molar refractivity (Wildman–Crippen MR) is 112 cm³/mol. The molecule has 0 aromatic heterocycles. The quantitative estimate of drug-likeness (QED) is 0.654. The molecule has 2 N–H and O–H groups in total. The van der Waals surface area contributed by atoms with Crippen LogP contribution in [0.1, 0.15) is 25.0 Å². The van der Waals surface area contributed by atoms with Gasteiger partial charge in [0.1, 0.15) is 12.2 Å². The van der Waals surface area contributed by atoms with Gasteiger partial charge in [-0.05, 0) is 25.0 Å². The fourth-order valence-corrected chi connectivity index (χ4v) is 4.69. The van der Waals surface area contributed by atoms with Crippen LogP contribution in [0.5, 0.6) is 0 Å². The Balaban J connectivity index is 1.60. The van der Waals surface area contributed by atoms with Gasteiger partial charge in [0.05, 0.1) is 25.4 Å². The summed E-state index contributed by atoms with van der Waals surface area (Å²) in [7, 11) is 0. The number of aliphatic hydroxyl groups is 2. The maximum absolute atomic E-state index is 12.8. The molecule has 1 heterocycles. The van der Waals surface area contributed by atoms with E-state index in [2.05, 4.69) is 0 Å². The monoisotopic (exact) mass is 427 g/mol. The fourth-order valence-electron chi connectivity index (χ4n) is 4.69. The van der Waals surface area contributed by atoms with E-state index in [1.807, 2.05) is 60.7 Å². The Bertz CT molecular complexity index is 878. The summed E-state index contributed by atoms with van der Waals surface area (Å²) in [6, 6.07) is 18.6. The largest absolute Gasteiger partial charge is 0.464 e. The minimum atomic E-state index is -1.43. The summed E-state index contributed by atoms with van der Waals surface area (Å²) in [5, 5.41) is 23.9. The SMILES string of the molecule is CCOC(=O)[C@@]1(C)ON(Cc2ccccc2)[C@@H]2[C@H](O)[C@@H](OCc3ccccc3)[C@H](O)[C@@H]21. The molecule has 1 aliphatic carbocycles. The molecule has 0 spiro atoms. The van der Waals surface area contributed by atoms with Crippen molar-refractivity contribution < 1.29 is 29.3 Å². The lowest BCUT2D eigenvalue weighted by Crippen LogP contribution is -2.49. The number of carbonyl (C=O) groups is 1. The van der Waals surface area contributed by atoms with E-state index in [1.54, 1.807) is 18.9 Å². The van der Waals surface area contributed by atoms with Crippen molar-refractivity contribution in [3.8, 4) is 0 Å². The van der Waals surface area contributed by atoms with Crippen LogP contribution in [0.15, 0.2) is 60.7 Å². The van der Waals surface area contributed by atoms with E-state index >= 15 is 0 Å². The van der Waals surface area contributed by atoms with Crippen LogP contribution < -0.4 is 0 Å². The van der Waals surface area contributed by atoms with Gasteiger partial charge in [0.2, 0.25) is 0 Å². The van der Waals surface area contributed by atoms with Crippen LogP contribution in [0.3, 0.4) is 0 Å². The van der Waals surface area contributed by atoms with Gasteiger partial charge in [-0.15, -0.1) is 0 Å². The summed E-state index contributed by atoms with van der Waals surface area (Å²) in [5.74, 6) is -1.26. The molecule has 7 heteroatoms. The van der Waals surface area contributed by atoms with Gasteiger partial charge < -0.3 is 19.7 Å². The molecule has 1 saturated carbocycles. The number of hydrogen-bond acceptors (Lipinski definition) is 7. The molecule has 2 aromatic rings. The summed E-state index contributed by atoms with van der Waals surface area (Å²) in [6.07, 6.45) is -2.99. The molecule has 7 nitrogen and oxygen atoms in total. The molecule has 0 amide bonds. The number of esters is 1. The maximum Gasteiger partial charge on any atom is 0.340 e. The second-order valence-electron chi connectivity index (χ2n) is 8.24. The summed E-state index contributed by atoms with van der Waals surface area (Å²) < 4.78 is 11.2. The van der Waals surface area contributed by atoms with Crippen molar-refractivity contribution in [3.63, 3.8) is 0 Å². The molecule has 0 radical (unpaired) electrons. The lowest BCUT2D eigenvalue weighted by molar-refractivity contribution is -0.240. The van der Waals surface area contributed by atoms with Crippen molar-refractivity contribution in [3.05, 3.63) is 71.8 Å². The third kappa shape index (κ3) is 4.12. The minimum absolute atomic E-state index is 0.195. The van der Waals surface area contributed by atoms with Crippen LogP contribution in [0.2, 0.25) is 0 Å². The number of hydroxylamine groups is 2. The Morgan fingerprint density at radius 2 is 1.65 bits per heavy atom. The highest BCUT2D eigenvalue weighted by Gasteiger charge is 2.68. The predicted octanol–water partition coefficient (Wildman–Crippen LogP) is 2.06. The van der Waals surface area contributed by atoms with Gasteiger partial charge in [-0.2, -0.15) is 5.06 Å². The highest BCUT2D eigenvalue weighted by atomic mass is 16.7. The Morgan fingerprint density at radius 1 is 1.03 bits per heavy atom. The zero-order valence-electron chi connectivity index (χ0n) is 17.8. The Hall–Kier alpha value is -2.29. The van der Waals surface area contributed by atoms with Crippen molar-refractivity contribution in [2.45, 2.75) is 57.0 Å². The maximum atomic E-state index is 12.8. The van der Waals surface area contributed by atoms with E-state index in [-0.39, 0.29) is 13.2 Å².